The van der Waals surface area contributed by atoms with Gasteiger partial charge in [-0.1, -0.05) is 12.1 Å². The molecule has 27 heavy (non-hydrogen) atoms. The number of nitrogens with one attached hydrogen (secondary N) is 1. The molecule has 0 radical (unpaired) electrons. The molecular weight excluding hydrogens is 351 g/mol. The molecular formula is C19H17FN4O3. The van der Waals surface area contributed by atoms with Crippen LogP contribution in [0.3, 0.4) is 0 Å². The largest absolute Gasteiger partial charge is 0.325 e. The fourth-order valence-electron chi connectivity index (χ4n) is 2.58. The fraction of sp³-hybridized carbons (Fsp3) is 0.158. The van der Waals surface area contributed by atoms with Crippen LogP contribution >= 0.6 is 0 Å². The average Bonchev–Trinajstić information content (AvgIpc) is 2.65. The van der Waals surface area contributed by atoms with Crippen molar-refractivity contribution in [2.24, 2.45) is 0 Å². The second-order valence-corrected chi connectivity index (χ2v) is 5.95. The van der Waals surface area contributed by atoms with Crippen molar-refractivity contribution in [3.05, 3.63) is 64.7 Å². The Morgan fingerprint density at radius 1 is 1.15 bits per heavy atom. The lowest BCUT2D eigenvalue weighted by Crippen LogP contribution is -2.36. The maximum absolute atomic E-state index is 13.0. The number of aromatic nitrogens is 2. The van der Waals surface area contributed by atoms with E-state index in [2.05, 4.69) is 10.3 Å². The highest BCUT2D eigenvalue weighted by Crippen LogP contribution is 2.14. The van der Waals surface area contributed by atoms with Crippen LogP contribution < -0.4 is 15.8 Å². The van der Waals surface area contributed by atoms with Gasteiger partial charge in [0, 0.05) is 19.7 Å². The number of anilines is 2. The highest BCUT2D eigenvalue weighted by atomic mass is 19.1. The minimum atomic E-state index is -0.555. The van der Waals surface area contributed by atoms with Gasteiger partial charge in [-0.3, -0.25) is 23.9 Å². The van der Waals surface area contributed by atoms with E-state index in [1.165, 1.54) is 42.8 Å². The lowest BCUT2D eigenvalue weighted by atomic mass is 10.2. The van der Waals surface area contributed by atoms with Crippen LogP contribution in [0.15, 0.2) is 53.3 Å². The van der Waals surface area contributed by atoms with Gasteiger partial charge in [-0.2, -0.15) is 0 Å². The van der Waals surface area contributed by atoms with Crippen molar-refractivity contribution in [2.75, 3.05) is 17.3 Å². The van der Waals surface area contributed by atoms with Gasteiger partial charge >= 0.3 is 0 Å². The van der Waals surface area contributed by atoms with Gasteiger partial charge in [-0.15, -0.1) is 0 Å². The molecule has 0 saturated carbocycles. The Kier molecular flexibility index (Phi) is 4.98. The molecule has 0 aliphatic rings. The molecule has 1 heterocycles. The third-order valence-corrected chi connectivity index (χ3v) is 4.06. The SMILES string of the molecule is CC(=O)N(C)c1nc2ccccc2n(CC(=O)Nc2ccc(F)cc2)c1=O. The molecule has 2 aromatic carbocycles. The Hall–Kier alpha value is -3.55. The zero-order valence-corrected chi connectivity index (χ0v) is 14.8. The van der Waals surface area contributed by atoms with E-state index in [1.807, 2.05) is 0 Å². The first-order chi connectivity index (χ1) is 12.9. The molecule has 3 rings (SSSR count). The average molecular weight is 368 g/mol. The van der Waals surface area contributed by atoms with Gasteiger partial charge < -0.3 is 5.32 Å². The van der Waals surface area contributed by atoms with Crippen molar-refractivity contribution in [1.82, 2.24) is 9.55 Å². The summed E-state index contributed by atoms with van der Waals surface area (Å²) in [7, 11) is 1.45. The first-order valence-corrected chi connectivity index (χ1v) is 8.16. The summed E-state index contributed by atoms with van der Waals surface area (Å²) in [4.78, 5) is 42.3. The lowest BCUT2D eigenvalue weighted by molar-refractivity contribution is -0.117. The van der Waals surface area contributed by atoms with Crippen LogP contribution in [-0.2, 0) is 16.1 Å². The van der Waals surface area contributed by atoms with Gasteiger partial charge in [0.25, 0.3) is 5.56 Å². The summed E-state index contributed by atoms with van der Waals surface area (Å²) >= 11 is 0. The fourth-order valence-corrected chi connectivity index (χ4v) is 2.58. The summed E-state index contributed by atoms with van der Waals surface area (Å²) < 4.78 is 14.2. The lowest BCUT2D eigenvalue weighted by Gasteiger charge is -2.17. The van der Waals surface area contributed by atoms with Crippen molar-refractivity contribution >= 4 is 34.4 Å². The number of benzene rings is 2. The number of carbonyl (C=O) groups is 2. The molecule has 0 atom stereocenters. The Labute approximate surface area is 154 Å². The molecule has 0 saturated heterocycles. The number of fused-ring (bicyclic) bond motifs is 1. The van der Waals surface area contributed by atoms with Crippen LogP contribution in [0.1, 0.15) is 6.92 Å². The number of rotatable bonds is 4. The Morgan fingerprint density at radius 2 is 1.81 bits per heavy atom. The number of carbonyl (C=O) groups excluding carboxylic acids is 2. The van der Waals surface area contributed by atoms with Gasteiger partial charge in [-0.25, -0.2) is 9.37 Å². The maximum Gasteiger partial charge on any atom is 0.294 e. The minimum absolute atomic E-state index is 0.0595. The van der Waals surface area contributed by atoms with Gasteiger partial charge in [0.1, 0.15) is 12.4 Å². The molecule has 0 spiro atoms. The zero-order valence-electron chi connectivity index (χ0n) is 14.8. The van der Waals surface area contributed by atoms with Crippen LogP contribution in [0, 0.1) is 5.82 Å². The molecule has 0 bridgehead atoms. The Bertz CT molecular complexity index is 1080. The number of hydrogen-bond donors (Lipinski definition) is 1. The standard InChI is InChI=1S/C19H17FN4O3/c1-12(25)23(2)18-19(27)24(16-6-4-3-5-15(16)22-18)11-17(26)21-14-9-7-13(20)8-10-14/h3-10H,11H2,1-2H3,(H,21,26). The highest BCUT2D eigenvalue weighted by Gasteiger charge is 2.18. The second kappa shape index (κ2) is 7.36. The number of nitrogens with zero attached hydrogens (tertiary/aromatic N) is 3. The molecule has 0 unspecified atom stereocenters. The van der Waals surface area contributed by atoms with Crippen molar-refractivity contribution in [3.63, 3.8) is 0 Å². The highest BCUT2D eigenvalue weighted by molar-refractivity contribution is 5.93. The van der Waals surface area contributed by atoms with E-state index < -0.39 is 17.3 Å². The summed E-state index contributed by atoms with van der Waals surface area (Å²) in [6.45, 7) is 1.04. The smallest absolute Gasteiger partial charge is 0.294 e. The van der Waals surface area contributed by atoms with Gasteiger partial charge in [-0.05, 0) is 36.4 Å². The van der Waals surface area contributed by atoms with E-state index in [-0.39, 0.29) is 18.3 Å². The Balaban J connectivity index is 2.00. The number of hydrogen-bond acceptors (Lipinski definition) is 4. The first kappa shape index (κ1) is 18.2. The molecule has 138 valence electrons. The minimum Gasteiger partial charge on any atom is -0.325 e. The van der Waals surface area contributed by atoms with Crippen LogP contribution in [0.25, 0.3) is 11.0 Å². The van der Waals surface area contributed by atoms with E-state index in [4.69, 9.17) is 0 Å². The van der Waals surface area contributed by atoms with Gasteiger partial charge in [0.05, 0.1) is 11.0 Å². The van der Waals surface area contributed by atoms with Crippen molar-refractivity contribution in [2.45, 2.75) is 13.5 Å². The normalized spacial score (nSPS) is 10.6. The summed E-state index contributed by atoms with van der Waals surface area (Å²) in [5.74, 6) is -1.29. The Morgan fingerprint density at radius 3 is 2.48 bits per heavy atom. The number of amides is 2. The molecule has 0 aliphatic heterocycles. The quantitative estimate of drug-likeness (QED) is 0.765. The van der Waals surface area contributed by atoms with Crippen molar-refractivity contribution < 1.29 is 14.0 Å². The molecule has 2 amide bonds. The third-order valence-electron chi connectivity index (χ3n) is 4.06. The van der Waals surface area contributed by atoms with Crippen molar-refractivity contribution in [3.8, 4) is 0 Å². The van der Waals surface area contributed by atoms with Crippen LogP contribution in [0.2, 0.25) is 0 Å². The van der Waals surface area contributed by atoms with E-state index >= 15 is 0 Å². The summed E-state index contributed by atoms with van der Waals surface area (Å²) in [5, 5.41) is 2.61. The van der Waals surface area contributed by atoms with Crippen LogP contribution in [0.5, 0.6) is 0 Å². The molecule has 8 heteroatoms. The van der Waals surface area contributed by atoms with Gasteiger partial charge in [0.2, 0.25) is 17.6 Å². The zero-order chi connectivity index (χ0) is 19.6. The van der Waals surface area contributed by atoms with Crippen molar-refractivity contribution in [1.29, 1.82) is 0 Å². The van der Waals surface area contributed by atoms with E-state index in [0.29, 0.717) is 16.7 Å². The molecule has 0 fully saturated rings. The van der Waals surface area contributed by atoms with E-state index in [1.54, 1.807) is 24.3 Å². The summed E-state index contributed by atoms with van der Waals surface area (Å²) in [6, 6.07) is 12.2. The molecule has 7 nitrogen and oxygen atoms in total. The topological polar surface area (TPSA) is 84.3 Å². The first-order valence-electron chi connectivity index (χ1n) is 8.16. The molecule has 1 aromatic heterocycles. The second-order valence-electron chi connectivity index (χ2n) is 5.95. The molecule has 3 aromatic rings. The predicted molar refractivity (Wildman–Crippen MR) is 100 cm³/mol. The molecule has 0 aliphatic carbocycles. The van der Waals surface area contributed by atoms with Gasteiger partial charge in [0.15, 0.2) is 0 Å². The maximum atomic E-state index is 13.0. The summed E-state index contributed by atoms with van der Waals surface area (Å²) in [5.41, 5.74) is 0.807. The van der Waals surface area contributed by atoms with E-state index in [9.17, 15) is 18.8 Å². The summed E-state index contributed by atoms with van der Waals surface area (Å²) in [6.07, 6.45) is 0. The number of para-hydroxylation sites is 2. The molecule has 1 N–H and O–H groups in total. The predicted octanol–water partition coefficient (Wildman–Crippen LogP) is 2.16. The number of halogens is 1. The monoisotopic (exact) mass is 368 g/mol. The van der Waals surface area contributed by atoms with Crippen LogP contribution in [-0.4, -0.2) is 28.4 Å². The van der Waals surface area contributed by atoms with Crippen LogP contribution in [0.4, 0.5) is 15.9 Å². The van der Waals surface area contributed by atoms with E-state index in [0.717, 1.165) is 4.90 Å². The third kappa shape index (κ3) is 3.84.